The first-order valence-electron chi connectivity index (χ1n) is 21.5. The molecule has 0 aliphatic carbocycles. The van der Waals surface area contributed by atoms with Crippen LogP contribution in [0.4, 0.5) is 40.2 Å². The summed E-state index contributed by atoms with van der Waals surface area (Å²) in [6.07, 6.45) is 10.8. The number of carbonyl (C=O) groups is 3. The average Bonchev–Trinajstić information content (AvgIpc) is 3.63. The molecule has 63 heavy (non-hydrogen) atoms. The zero-order valence-corrected chi connectivity index (χ0v) is 38.0. The second kappa shape index (κ2) is 18.6. The maximum absolute atomic E-state index is 13.2. The minimum atomic E-state index is -0.602. The molecule has 2 aromatic heterocycles. The van der Waals surface area contributed by atoms with Gasteiger partial charge in [0.2, 0.25) is 17.8 Å². The van der Waals surface area contributed by atoms with Crippen LogP contribution in [0.5, 0.6) is 5.75 Å². The quantitative estimate of drug-likeness (QED) is 0.0723. The smallest absolute Gasteiger partial charge is 0.255 e. The second-order valence-corrected chi connectivity index (χ2v) is 17.8. The number of imide groups is 1. The lowest BCUT2D eigenvalue weighted by molar-refractivity contribution is -0.136. The van der Waals surface area contributed by atoms with Gasteiger partial charge in [0.15, 0.2) is 0 Å². The molecule has 0 radical (unpaired) electrons. The van der Waals surface area contributed by atoms with Gasteiger partial charge in [0.25, 0.3) is 5.91 Å². The number of fused-ring (bicyclic) bond motifs is 2. The van der Waals surface area contributed by atoms with E-state index >= 15 is 0 Å². The summed E-state index contributed by atoms with van der Waals surface area (Å²) in [7, 11) is 1.70. The Balaban J connectivity index is 0.797. The van der Waals surface area contributed by atoms with Gasteiger partial charge in [-0.2, -0.15) is 4.98 Å². The van der Waals surface area contributed by atoms with Crippen LogP contribution in [0.1, 0.15) is 54.1 Å². The van der Waals surface area contributed by atoms with Gasteiger partial charge in [-0.05, 0) is 95.1 Å². The number of halogens is 1. The fraction of sp³-hybridized carbons (Fsp3) is 0.400. The van der Waals surface area contributed by atoms with Crippen LogP contribution < -0.4 is 35.2 Å². The average molecular weight is 936 g/mol. The number of ether oxygens (including phenoxy) is 1. The van der Waals surface area contributed by atoms with Crippen molar-refractivity contribution in [3.63, 3.8) is 0 Å². The molecule has 4 aliphatic heterocycles. The monoisotopic (exact) mass is 934 g/mol. The summed E-state index contributed by atoms with van der Waals surface area (Å²) in [5.41, 5.74) is 9.11. The lowest BCUT2D eigenvalue weighted by atomic mass is 9.94. The predicted molar refractivity (Wildman–Crippen MR) is 251 cm³/mol. The minimum Gasteiger partial charge on any atom is -0.494 e. The minimum absolute atomic E-state index is 0.135. The van der Waals surface area contributed by atoms with E-state index in [-0.39, 0.29) is 24.1 Å². The summed E-state index contributed by atoms with van der Waals surface area (Å²) in [4.78, 5) is 64.9. The molecule has 3 saturated heterocycles. The fourth-order valence-corrected chi connectivity index (χ4v) is 9.94. The van der Waals surface area contributed by atoms with E-state index in [2.05, 4.69) is 91.4 Å². The molecule has 6 heterocycles. The number of nitrogens with one attached hydrogen (secondary N) is 4. The summed E-state index contributed by atoms with van der Waals surface area (Å²) in [5.74, 6) is 1.58. The maximum Gasteiger partial charge on any atom is 0.255 e. The van der Waals surface area contributed by atoms with Crippen molar-refractivity contribution in [2.45, 2.75) is 51.6 Å². The highest BCUT2D eigenvalue weighted by Crippen LogP contribution is 2.39. The standard InChI is InChI=1S/C45H51BrN12O4S/c1-4-28-22-35(51-45-49-24-32(46)42(53-45)50-34-8-7-33-40(41(34)54-63-3)48-14-13-47-33)38(62-2)23-37(28)57-15-11-27(12-16-57)25-55-17-19-56(20-18-55)30-5-6-31-29(21-30)26-58(44(31)61)36-9-10-39(59)52-43(36)60/h5-8,13-14,21-24,27,36,54H,4,9-12,15-20,25-26H2,1-3H3,(H,52,59,60)(H2,49,50,51,53). The molecule has 5 aromatic rings. The van der Waals surface area contributed by atoms with E-state index in [4.69, 9.17) is 9.72 Å². The lowest BCUT2D eigenvalue weighted by Crippen LogP contribution is -2.52. The number of nitrogens with zero attached hydrogens (tertiary/aromatic N) is 8. The Morgan fingerprint density at radius 3 is 2.48 bits per heavy atom. The van der Waals surface area contributed by atoms with Crippen LogP contribution >= 0.6 is 27.9 Å². The van der Waals surface area contributed by atoms with E-state index in [0.717, 1.165) is 110 Å². The molecule has 9 rings (SSSR count). The molecule has 328 valence electrons. The Morgan fingerprint density at radius 1 is 0.905 bits per heavy atom. The van der Waals surface area contributed by atoms with Crippen molar-refractivity contribution in [1.82, 2.24) is 35.1 Å². The van der Waals surface area contributed by atoms with E-state index in [0.29, 0.717) is 40.7 Å². The molecule has 3 aromatic carbocycles. The SMILES string of the molecule is CCc1cc(Nc2ncc(Br)c(Nc3ccc4nccnc4c3NSC)n2)c(OC)cc1N1CCC(CN2CCN(c3ccc4c(c3)CN(C3CCC(=O)NC3=O)C4=O)CC2)CC1. The van der Waals surface area contributed by atoms with Crippen molar-refractivity contribution >= 4 is 96.8 Å². The Labute approximate surface area is 379 Å². The van der Waals surface area contributed by atoms with Gasteiger partial charge in [0, 0.05) is 107 Å². The normalized spacial score (nSPS) is 18.4. The molecule has 0 spiro atoms. The number of methoxy groups -OCH3 is 1. The highest BCUT2D eigenvalue weighted by molar-refractivity contribution is 9.10. The van der Waals surface area contributed by atoms with E-state index in [9.17, 15) is 14.4 Å². The number of aryl methyl sites for hydroxylation is 1. The van der Waals surface area contributed by atoms with Crippen molar-refractivity contribution < 1.29 is 19.1 Å². The predicted octanol–water partition coefficient (Wildman–Crippen LogP) is 6.73. The fourth-order valence-electron chi connectivity index (χ4n) is 9.23. The largest absolute Gasteiger partial charge is 0.494 e. The van der Waals surface area contributed by atoms with Gasteiger partial charge in [-0.15, -0.1) is 0 Å². The molecular weight excluding hydrogens is 885 g/mol. The molecule has 18 heteroatoms. The highest BCUT2D eigenvalue weighted by atomic mass is 79.9. The molecular formula is C45H51BrN12O4S. The second-order valence-electron chi connectivity index (χ2n) is 16.4. The Kier molecular flexibility index (Phi) is 12.5. The third kappa shape index (κ3) is 8.93. The van der Waals surface area contributed by atoms with Crippen molar-refractivity contribution in [2.75, 3.05) is 84.3 Å². The number of anilines is 7. The maximum atomic E-state index is 13.2. The molecule has 3 fully saturated rings. The van der Waals surface area contributed by atoms with Crippen molar-refractivity contribution in [2.24, 2.45) is 5.92 Å². The molecule has 4 aliphatic rings. The van der Waals surface area contributed by atoms with Gasteiger partial charge in [0.05, 0.1) is 34.2 Å². The molecule has 0 saturated carbocycles. The van der Waals surface area contributed by atoms with Crippen molar-refractivity contribution in [3.8, 4) is 5.75 Å². The Hall–Kier alpha value is -5.72. The first kappa shape index (κ1) is 42.6. The zero-order chi connectivity index (χ0) is 43.6. The molecule has 0 bridgehead atoms. The van der Waals surface area contributed by atoms with E-state index in [1.807, 2.05) is 30.5 Å². The number of aromatic nitrogens is 4. The van der Waals surface area contributed by atoms with Gasteiger partial charge in [0.1, 0.15) is 23.1 Å². The number of carbonyl (C=O) groups excluding carboxylic acids is 3. The summed E-state index contributed by atoms with van der Waals surface area (Å²) >= 11 is 5.11. The van der Waals surface area contributed by atoms with Crippen LogP contribution in [-0.4, -0.2) is 113 Å². The van der Waals surface area contributed by atoms with Crippen LogP contribution in [0.2, 0.25) is 0 Å². The van der Waals surface area contributed by atoms with Gasteiger partial charge in [-0.25, -0.2) is 4.98 Å². The van der Waals surface area contributed by atoms with Crippen LogP contribution in [-0.2, 0) is 22.6 Å². The van der Waals surface area contributed by atoms with E-state index < -0.39 is 6.04 Å². The lowest BCUT2D eigenvalue weighted by Gasteiger charge is -2.40. The molecule has 16 nitrogen and oxygen atoms in total. The Morgan fingerprint density at radius 2 is 1.71 bits per heavy atom. The first-order chi connectivity index (χ1) is 30.7. The highest BCUT2D eigenvalue weighted by Gasteiger charge is 2.39. The van der Waals surface area contributed by atoms with Crippen molar-refractivity contribution in [1.29, 1.82) is 0 Å². The van der Waals surface area contributed by atoms with Crippen LogP contribution in [0.3, 0.4) is 0 Å². The van der Waals surface area contributed by atoms with Gasteiger partial charge in [-0.3, -0.25) is 34.6 Å². The van der Waals surface area contributed by atoms with E-state index in [1.54, 1.807) is 30.6 Å². The Bertz CT molecular complexity index is 2550. The summed E-state index contributed by atoms with van der Waals surface area (Å²) in [6, 6.07) is 13.6. The number of rotatable bonds is 13. The zero-order valence-electron chi connectivity index (χ0n) is 35.6. The number of amides is 3. The molecule has 1 atom stereocenters. The topological polar surface area (TPSA) is 173 Å². The summed E-state index contributed by atoms with van der Waals surface area (Å²) < 4.78 is 10.0. The number of benzene rings is 3. The van der Waals surface area contributed by atoms with Gasteiger partial charge >= 0.3 is 0 Å². The van der Waals surface area contributed by atoms with Gasteiger partial charge in [-0.1, -0.05) is 18.9 Å². The molecule has 4 N–H and O–H groups in total. The van der Waals surface area contributed by atoms with Crippen LogP contribution in [0.15, 0.2) is 65.5 Å². The van der Waals surface area contributed by atoms with Gasteiger partial charge < -0.3 is 34.8 Å². The van der Waals surface area contributed by atoms with Crippen LogP contribution in [0.25, 0.3) is 11.0 Å². The summed E-state index contributed by atoms with van der Waals surface area (Å²) in [5, 5.41) is 9.27. The third-order valence-electron chi connectivity index (χ3n) is 12.6. The molecule has 3 amide bonds. The molecule has 1 unspecified atom stereocenters. The number of hydrogen-bond donors (Lipinski definition) is 4. The number of piperazine rings is 1. The first-order valence-corrected chi connectivity index (χ1v) is 23.5. The van der Waals surface area contributed by atoms with Crippen LogP contribution in [0, 0.1) is 5.92 Å². The third-order valence-corrected chi connectivity index (χ3v) is 13.6. The van der Waals surface area contributed by atoms with Crippen molar-refractivity contribution in [3.05, 3.63) is 82.2 Å². The number of hydrogen-bond acceptors (Lipinski definition) is 15. The summed E-state index contributed by atoms with van der Waals surface area (Å²) in [6.45, 7) is 9.44. The number of piperidine rings is 2. The van der Waals surface area contributed by atoms with E-state index in [1.165, 1.54) is 23.2 Å².